The lowest BCUT2D eigenvalue weighted by Gasteiger charge is -2.36. The Balaban J connectivity index is 1.86. The first-order valence-corrected chi connectivity index (χ1v) is 6.25. The van der Waals surface area contributed by atoms with E-state index in [1.165, 1.54) is 18.4 Å². The van der Waals surface area contributed by atoms with Gasteiger partial charge in [0.15, 0.2) is 0 Å². The molecule has 0 bridgehead atoms. The maximum absolute atomic E-state index is 5.91. The van der Waals surface area contributed by atoms with Gasteiger partial charge in [0.05, 0.1) is 0 Å². The average Bonchev–Trinajstić information content (AvgIpc) is 2.29. The second-order valence-electron chi connectivity index (χ2n) is 4.47. The maximum atomic E-state index is 5.91. The van der Waals surface area contributed by atoms with Crippen molar-refractivity contribution in [2.45, 2.75) is 24.7 Å². The number of benzene rings is 1. The molecule has 1 aromatic carbocycles. The summed E-state index contributed by atoms with van der Waals surface area (Å²) in [7, 11) is 0. The molecule has 1 fully saturated rings. The number of nitrogens with zero attached hydrogens (tertiary/aromatic N) is 2. The van der Waals surface area contributed by atoms with Crippen molar-refractivity contribution in [3.8, 4) is 0 Å². The molecule has 86 valence electrons. The van der Waals surface area contributed by atoms with Gasteiger partial charge in [0.25, 0.3) is 0 Å². The van der Waals surface area contributed by atoms with Gasteiger partial charge >= 0.3 is 0 Å². The van der Waals surface area contributed by atoms with Gasteiger partial charge in [-0.25, -0.2) is 9.97 Å². The molecule has 0 amide bonds. The second kappa shape index (κ2) is 4.46. The molecule has 1 aliphatic rings. The third-order valence-electron chi connectivity index (χ3n) is 3.54. The first-order valence-electron chi connectivity index (χ1n) is 5.87. The standard InChI is InChI=1S/C14H13ClN2/c15-14-8-13(16-9-17-14)12-7-6-11(12)10-4-2-1-3-5-10/h1-5,8-9,11-12H,6-7H2/t11?,12-/m0/s1. The predicted molar refractivity (Wildman–Crippen MR) is 68.2 cm³/mol. The Hall–Kier alpha value is -1.41. The van der Waals surface area contributed by atoms with Gasteiger partial charge in [0, 0.05) is 11.6 Å². The summed E-state index contributed by atoms with van der Waals surface area (Å²) in [6.07, 6.45) is 3.97. The SMILES string of the molecule is Clc1cc([C@H]2CCC2c2ccccc2)ncn1. The van der Waals surface area contributed by atoms with E-state index in [1.807, 2.05) is 6.07 Å². The Morgan fingerprint density at radius 2 is 1.76 bits per heavy atom. The van der Waals surface area contributed by atoms with E-state index in [0.717, 1.165) is 5.69 Å². The lowest BCUT2D eigenvalue weighted by atomic mass is 9.68. The maximum Gasteiger partial charge on any atom is 0.132 e. The minimum atomic E-state index is 0.498. The molecule has 1 heterocycles. The van der Waals surface area contributed by atoms with Crippen LogP contribution in [0.15, 0.2) is 42.7 Å². The van der Waals surface area contributed by atoms with Crippen LogP contribution in [0.2, 0.25) is 5.15 Å². The molecular formula is C14H13ClN2. The molecule has 2 nitrogen and oxygen atoms in total. The number of halogens is 1. The quantitative estimate of drug-likeness (QED) is 0.751. The van der Waals surface area contributed by atoms with Crippen molar-refractivity contribution < 1.29 is 0 Å². The zero-order chi connectivity index (χ0) is 11.7. The molecule has 0 spiro atoms. The summed E-state index contributed by atoms with van der Waals surface area (Å²) in [4.78, 5) is 8.27. The summed E-state index contributed by atoms with van der Waals surface area (Å²) in [6, 6.07) is 12.5. The molecule has 1 saturated carbocycles. The summed E-state index contributed by atoms with van der Waals surface area (Å²) >= 11 is 5.91. The molecule has 0 aliphatic heterocycles. The van der Waals surface area contributed by atoms with Crippen LogP contribution in [0.4, 0.5) is 0 Å². The lowest BCUT2D eigenvalue weighted by molar-refractivity contribution is 0.339. The highest BCUT2D eigenvalue weighted by Gasteiger charge is 2.34. The van der Waals surface area contributed by atoms with E-state index in [2.05, 4.69) is 40.3 Å². The van der Waals surface area contributed by atoms with Gasteiger partial charge < -0.3 is 0 Å². The first kappa shape index (κ1) is 10.7. The highest BCUT2D eigenvalue weighted by molar-refractivity contribution is 6.29. The average molecular weight is 245 g/mol. The van der Waals surface area contributed by atoms with Crippen molar-refractivity contribution in [1.82, 2.24) is 9.97 Å². The molecule has 1 unspecified atom stereocenters. The summed E-state index contributed by atoms with van der Waals surface area (Å²) in [5.41, 5.74) is 2.48. The number of aromatic nitrogens is 2. The Bertz CT molecular complexity index is 513. The first-order chi connectivity index (χ1) is 8.34. The molecule has 3 rings (SSSR count). The fourth-order valence-corrected chi connectivity index (χ4v) is 2.66. The zero-order valence-electron chi connectivity index (χ0n) is 9.38. The van der Waals surface area contributed by atoms with Crippen LogP contribution >= 0.6 is 11.6 Å². The van der Waals surface area contributed by atoms with Crippen molar-refractivity contribution in [3.63, 3.8) is 0 Å². The van der Waals surface area contributed by atoms with E-state index in [9.17, 15) is 0 Å². The monoisotopic (exact) mass is 244 g/mol. The molecule has 2 aromatic rings. The van der Waals surface area contributed by atoms with Gasteiger partial charge in [0.2, 0.25) is 0 Å². The number of hydrogen-bond donors (Lipinski definition) is 0. The number of rotatable bonds is 2. The van der Waals surface area contributed by atoms with Crippen LogP contribution in [0.3, 0.4) is 0 Å². The summed E-state index contributed by atoms with van der Waals surface area (Å²) in [5.74, 6) is 1.08. The molecule has 0 N–H and O–H groups in total. The van der Waals surface area contributed by atoms with Gasteiger partial charge in [-0.3, -0.25) is 0 Å². The fourth-order valence-electron chi connectivity index (χ4n) is 2.50. The van der Waals surface area contributed by atoms with Crippen molar-refractivity contribution in [2.24, 2.45) is 0 Å². The molecule has 1 aliphatic carbocycles. The van der Waals surface area contributed by atoms with Crippen LogP contribution in [-0.2, 0) is 0 Å². The van der Waals surface area contributed by atoms with Crippen molar-refractivity contribution >= 4 is 11.6 Å². The second-order valence-corrected chi connectivity index (χ2v) is 4.85. The fraction of sp³-hybridized carbons (Fsp3) is 0.286. The number of hydrogen-bond acceptors (Lipinski definition) is 2. The van der Waals surface area contributed by atoms with Crippen LogP contribution in [0, 0.1) is 0 Å². The van der Waals surface area contributed by atoms with Crippen molar-refractivity contribution in [2.75, 3.05) is 0 Å². The smallest absolute Gasteiger partial charge is 0.132 e. The molecular weight excluding hydrogens is 232 g/mol. The zero-order valence-corrected chi connectivity index (χ0v) is 10.1. The molecule has 0 radical (unpaired) electrons. The van der Waals surface area contributed by atoms with Crippen LogP contribution in [0.1, 0.15) is 35.9 Å². The molecule has 1 aromatic heterocycles. The van der Waals surface area contributed by atoms with E-state index in [1.54, 1.807) is 6.33 Å². The minimum absolute atomic E-state index is 0.498. The Labute approximate surface area is 106 Å². The van der Waals surface area contributed by atoms with Crippen LogP contribution in [-0.4, -0.2) is 9.97 Å². The van der Waals surface area contributed by atoms with Crippen LogP contribution in [0.25, 0.3) is 0 Å². The molecule has 2 atom stereocenters. The predicted octanol–water partition coefficient (Wildman–Crippen LogP) is 3.79. The van der Waals surface area contributed by atoms with Gasteiger partial charge in [-0.1, -0.05) is 41.9 Å². The van der Waals surface area contributed by atoms with Crippen LogP contribution in [0.5, 0.6) is 0 Å². The summed E-state index contributed by atoms with van der Waals surface area (Å²) < 4.78 is 0. The minimum Gasteiger partial charge on any atom is -0.241 e. The van der Waals surface area contributed by atoms with E-state index in [0.29, 0.717) is 17.0 Å². The topological polar surface area (TPSA) is 25.8 Å². The van der Waals surface area contributed by atoms with E-state index < -0.39 is 0 Å². The molecule has 17 heavy (non-hydrogen) atoms. The normalized spacial score (nSPS) is 23.1. The van der Waals surface area contributed by atoms with E-state index in [4.69, 9.17) is 11.6 Å². The van der Waals surface area contributed by atoms with Crippen molar-refractivity contribution in [1.29, 1.82) is 0 Å². The van der Waals surface area contributed by atoms with Crippen molar-refractivity contribution in [3.05, 3.63) is 59.1 Å². The summed E-state index contributed by atoms with van der Waals surface area (Å²) in [5, 5.41) is 0.536. The van der Waals surface area contributed by atoms with Crippen LogP contribution < -0.4 is 0 Å². The Morgan fingerprint density at radius 1 is 1.00 bits per heavy atom. The molecule has 3 heteroatoms. The lowest BCUT2D eigenvalue weighted by Crippen LogP contribution is -2.22. The van der Waals surface area contributed by atoms with Gasteiger partial charge in [-0.15, -0.1) is 0 Å². The van der Waals surface area contributed by atoms with Gasteiger partial charge in [-0.2, -0.15) is 0 Å². The Kier molecular flexibility index (Phi) is 2.81. The van der Waals surface area contributed by atoms with E-state index in [-0.39, 0.29) is 0 Å². The van der Waals surface area contributed by atoms with Gasteiger partial charge in [-0.05, 0) is 30.4 Å². The Morgan fingerprint density at radius 3 is 2.41 bits per heavy atom. The highest BCUT2D eigenvalue weighted by atomic mass is 35.5. The van der Waals surface area contributed by atoms with Gasteiger partial charge in [0.1, 0.15) is 11.5 Å². The summed E-state index contributed by atoms with van der Waals surface area (Å²) in [6.45, 7) is 0. The third kappa shape index (κ3) is 2.05. The third-order valence-corrected chi connectivity index (χ3v) is 3.74. The largest absolute Gasteiger partial charge is 0.241 e. The van der Waals surface area contributed by atoms with E-state index >= 15 is 0 Å². The highest BCUT2D eigenvalue weighted by Crippen LogP contribution is 2.48. The molecule has 0 saturated heterocycles.